The van der Waals surface area contributed by atoms with Crippen LogP contribution in [0.3, 0.4) is 0 Å². The molecule has 1 aliphatic rings. The van der Waals surface area contributed by atoms with Gasteiger partial charge in [0, 0.05) is 46.6 Å². The number of rotatable bonds is 2. The second-order valence-electron chi connectivity index (χ2n) is 6.18. The van der Waals surface area contributed by atoms with Gasteiger partial charge in [-0.3, -0.25) is 9.48 Å². The van der Waals surface area contributed by atoms with Gasteiger partial charge in [0.15, 0.2) is 10.9 Å². The smallest absolute Gasteiger partial charge is 0.222 e. The number of carbonyl (C=O) groups is 1. The van der Waals surface area contributed by atoms with Crippen LogP contribution >= 0.6 is 12.2 Å². The summed E-state index contributed by atoms with van der Waals surface area (Å²) in [4.78, 5) is 24.9. The highest BCUT2D eigenvalue weighted by Gasteiger charge is 2.24. The fraction of sp³-hybridized carbons (Fsp3) is 0.562. The molecule has 1 aliphatic heterocycles. The van der Waals surface area contributed by atoms with Crippen LogP contribution in [0.1, 0.15) is 25.4 Å². The average Bonchev–Trinajstić information content (AvgIpc) is 2.88. The quantitative estimate of drug-likeness (QED) is 0.792. The molecule has 0 aliphatic carbocycles. The summed E-state index contributed by atoms with van der Waals surface area (Å²) in [7, 11) is 1.93. The van der Waals surface area contributed by atoms with Crippen molar-refractivity contribution in [2.45, 2.75) is 27.2 Å². The molecule has 0 saturated carbocycles. The van der Waals surface area contributed by atoms with Crippen LogP contribution in [0, 0.1) is 6.92 Å². The maximum absolute atomic E-state index is 11.2. The fourth-order valence-corrected chi connectivity index (χ4v) is 3.42. The molecule has 1 fully saturated rings. The summed E-state index contributed by atoms with van der Waals surface area (Å²) in [6.45, 7) is 8.53. The maximum atomic E-state index is 11.2. The highest BCUT2D eigenvalue weighted by molar-refractivity contribution is 7.80. The number of carbonyl (C=O) groups excluding carboxylic acids is 1. The van der Waals surface area contributed by atoms with Crippen molar-refractivity contribution in [3.8, 4) is 0 Å². The molecule has 0 atom stereocenters. The Morgan fingerprint density at radius 3 is 2.52 bits per heavy atom. The van der Waals surface area contributed by atoms with Crippen LogP contribution in [-0.2, 0) is 18.3 Å². The summed E-state index contributed by atoms with van der Waals surface area (Å²) in [5.41, 5.74) is 2.80. The molecule has 0 spiro atoms. The van der Waals surface area contributed by atoms with E-state index >= 15 is 0 Å². The maximum Gasteiger partial charge on any atom is 0.222 e. The minimum absolute atomic E-state index is 0.136. The zero-order valence-corrected chi connectivity index (χ0v) is 15.9. The number of nitrogens with zero attached hydrogens (tertiary/aromatic N) is 6. The molecular weight excluding hydrogens is 338 g/mol. The number of amides is 1. The Labute approximate surface area is 152 Å². The molecule has 2 aromatic rings. The standard InChI is InChI=1S/C16H23N7OS/c1-5-12-18-13-10(2)20-21(4)14(13)15(19-12)22-6-8-23(9-7-22)16(25)17-11(3)24/h5-9H2,1-4H3,(H,17,24,25). The van der Waals surface area contributed by atoms with Gasteiger partial charge in [0.25, 0.3) is 0 Å². The predicted octanol–water partition coefficient (Wildman–Crippen LogP) is 0.777. The number of aryl methyl sites for hydroxylation is 3. The zero-order chi connectivity index (χ0) is 18.1. The normalized spacial score (nSPS) is 14.9. The Hall–Kier alpha value is -2.29. The average molecular weight is 361 g/mol. The van der Waals surface area contributed by atoms with E-state index in [9.17, 15) is 4.79 Å². The Morgan fingerprint density at radius 2 is 1.92 bits per heavy atom. The minimum Gasteiger partial charge on any atom is -0.351 e. The number of hydrogen-bond acceptors (Lipinski definition) is 6. The van der Waals surface area contributed by atoms with Crippen molar-refractivity contribution in [3.05, 3.63) is 11.5 Å². The van der Waals surface area contributed by atoms with Crippen LogP contribution in [0.2, 0.25) is 0 Å². The van der Waals surface area contributed by atoms with Gasteiger partial charge in [-0.15, -0.1) is 0 Å². The van der Waals surface area contributed by atoms with E-state index in [-0.39, 0.29) is 5.91 Å². The van der Waals surface area contributed by atoms with E-state index in [0.29, 0.717) is 5.11 Å². The minimum atomic E-state index is -0.136. The fourth-order valence-electron chi connectivity index (χ4n) is 3.09. The molecule has 3 heterocycles. The highest BCUT2D eigenvalue weighted by Crippen LogP contribution is 2.26. The van der Waals surface area contributed by atoms with E-state index in [1.54, 1.807) is 0 Å². The van der Waals surface area contributed by atoms with Crippen molar-refractivity contribution >= 4 is 40.1 Å². The highest BCUT2D eigenvalue weighted by atomic mass is 32.1. The predicted molar refractivity (Wildman–Crippen MR) is 101 cm³/mol. The molecule has 0 bridgehead atoms. The lowest BCUT2D eigenvalue weighted by Gasteiger charge is -2.36. The van der Waals surface area contributed by atoms with Gasteiger partial charge in [-0.1, -0.05) is 6.92 Å². The molecule has 9 heteroatoms. The lowest BCUT2D eigenvalue weighted by Crippen LogP contribution is -2.52. The summed E-state index contributed by atoms with van der Waals surface area (Å²) in [5, 5.41) is 7.68. The first-order valence-electron chi connectivity index (χ1n) is 8.42. The van der Waals surface area contributed by atoms with Crippen molar-refractivity contribution < 1.29 is 4.79 Å². The number of hydrogen-bond donors (Lipinski definition) is 1. The topological polar surface area (TPSA) is 79.2 Å². The second-order valence-corrected chi connectivity index (χ2v) is 6.57. The molecule has 134 valence electrons. The largest absolute Gasteiger partial charge is 0.351 e. The van der Waals surface area contributed by atoms with Crippen LogP contribution in [0.4, 0.5) is 5.82 Å². The molecule has 1 amide bonds. The number of fused-ring (bicyclic) bond motifs is 1. The first-order valence-corrected chi connectivity index (χ1v) is 8.83. The second kappa shape index (κ2) is 6.91. The zero-order valence-electron chi connectivity index (χ0n) is 15.0. The van der Waals surface area contributed by atoms with Crippen molar-refractivity contribution in [2.75, 3.05) is 31.1 Å². The number of aromatic nitrogens is 4. The molecule has 1 N–H and O–H groups in total. The third-order valence-corrected chi connectivity index (χ3v) is 4.70. The van der Waals surface area contributed by atoms with Crippen molar-refractivity contribution in [2.24, 2.45) is 7.05 Å². The third-order valence-electron chi connectivity index (χ3n) is 4.34. The van der Waals surface area contributed by atoms with E-state index in [0.717, 1.165) is 61.0 Å². The molecule has 8 nitrogen and oxygen atoms in total. The van der Waals surface area contributed by atoms with Gasteiger partial charge in [0.1, 0.15) is 16.9 Å². The number of piperazine rings is 1. The summed E-state index contributed by atoms with van der Waals surface area (Å²) >= 11 is 5.28. The monoisotopic (exact) mass is 361 g/mol. The molecule has 0 aromatic carbocycles. The number of thiocarbonyl (C=S) groups is 1. The summed E-state index contributed by atoms with van der Waals surface area (Å²) < 4.78 is 1.85. The molecule has 25 heavy (non-hydrogen) atoms. The molecule has 2 aromatic heterocycles. The van der Waals surface area contributed by atoms with Crippen LogP contribution < -0.4 is 10.2 Å². The van der Waals surface area contributed by atoms with Gasteiger partial charge >= 0.3 is 0 Å². The SMILES string of the molecule is CCc1nc(N2CCN(C(=S)NC(C)=O)CC2)c2c(n1)c(C)nn2C. The van der Waals surface area contributed by atoms with Crippen molar-refractivity contribution in [1.82, 2.24) is 30.0 Å². The van der Waals surface area contributed by atoms with Crippen molar-refractivity contribution in [3.63, 3.8) is 0 Å². The van der Waals surface area contributed by atoms with E-state index in [1.807, 2.05) is 23.6 Å². The number of anilines is 1. The van der Waals surface area contributed by atoms with Crippen LogP contribution in [0.15, 0.2) is 0 Å². The van der Waals surface area contributed by atoms with Gasteiger partial charge in [0.2, 0.25) is 5.91 Å². The number of nitrogens with one attached hydrogen (secondary N) is 1. The first kappa shape index (κ1) is 17.5. The molecule has 3 rings (SSSR count). The summed E-state index contributed by atoms with van der Waals surface area (Å²) in [5.74, 6) is 1.62. The molecule has 0 radical (unpaired) electrons. The van der Waals surface area contributed by atoms with Gasteiger partial charge < -0.3 is 15.1 Å². The van der Waals surface area contributed by atoms with Crippen molar-refractivity contribution in [1.29, 1.82) is 0 Å². The lowest BCUT2D eigenvalue weighted by molar-refractivity contribution is -0.117. The molecule has 1 saturated heterocycles. The van der Waals surface area contributed by atoms with E-state index in [4.69, 9.17) is 17.2 Å². The van der Waals surface area contributed by atoms with Gasteiger partial charge in [-0.25, -0.2) is 9.97 Å². The Kier molecular flexibility index (Phi) is 4.85. The van der Waals surface area contributed by atoms with Crippen LogP contribution in [-0.4, -0.2) is 61.8 Å². The Morgan fingerprint density at radius 1 is 1.24 bits per heavy atom. The van der Waals surface area contributed by atoms with Gasteiger partial charge in [-0.2, -0.15) is 5.10 Å². The van der Waals surface area contributed by atoms with Crippen LogP contribution in [0.5, 0.6) is 0 Å². The van der Waals surface area contributed by atoms with E-state index in [1.165, 1.54) is 6.92 Å². The van der Waals surface area contributed by atoms with E-state index in [2.05, 4.69) is 27.2 Å². The first-order chi connectivity index (χ1) is 11.9. The molecule has 0 unspecified atom stereocenters. The summed E-state index contributed by atoms with van der Waals surface area (Å²) in [6, 6.07) is 0. The summed E-state index contributed by atoms with van der Waals surface area (Å²) in [6.07, 6.45) is 0.782. The third kappa shape index (κ3) is 3.41. The Balaban J connectivity index is 1.86. The van der Waals surface area contributed by atoms with E-state index < -0.39 is 0 Å². The van der Waals surface area contributed by atoms with Gasteiger partial charge in [0.05, 0.1) is 5.69 Å². The Bertz CT molecular complexity index is 823. The molecular formula is C16H23N7OS. The van der Waals surface area contributed by atoms with Gasteiger partial charge in [-0.05, 0) is 19.1 Å². The lowest BCUT2D eigenvalue weighted by atomic mass is 10.2. The van der Waals surface area contributed by atoms with Crippen LogP contribution in [0.25, 0.3) is 11.0 Å².